The molecule has 0 fully saturated rings. The Morgan fingerprint density at radius 2 is 1.55 bits per heavy atom. The first-order valence-electron chi connectivity index (χ1n) is 7.85. The molecule has 1 rings (SSSR count). The van der Waals surface area contributed by atoms with Gasteiger partial charge in [-0.15, -0.1) is 0 Å². The van der Waals surface area contributed by atoms with Crippen LogP contribution in [0.4, 0.5) is 0 Å². The van der Waals surface area contributed by atoms with E-state index in [0.717, 1.165) is 12.8 Å². The zero-order valence-corrected chi connectivity index (χ0v) is 14.5. The minimum atomic E-state index is -0.0427. The number of nitrogens with zero attached hydrogens (tertiary/aromatic N) is 1. The number of aromatic nitrogens is 1. The van der Waals surface area contributed by atoms with E-state index >= 15 is 0 Å². The van der Waals surface area contributed by atoms with Crippen LogP contribution >= 0.6 is 23.2 Å². The number of halogens is 2. The predicted molar refractivity (Wildman–Crippen MR) is 86.8 cm³/mol. The van der Waals surface area contributed by atoms with Gasteiger partial charge in [0.05, 0.1) is 0 Å². The lowest BCUT2D eigenvalue weighted by atomic mass is 9.80. The maximum absolute atomic E-state index is 5.94. The fraction of sp³-hybridized carbons (Fsp3) is 0.812. The zero-order chi connectivity index (χ0) is 15.0. The van der Waals surface area contributed by atoms with Crippen molar-refractivity contribution in [1.29, 1.82) is 0 Å². The molecule has 1 heterocycles. The summed E-state index contributed by atoms with van der Waals surface area (Å²) in [6.45, 7) is 6.67. The third kappa shape index (κ3) is 5.29. The Morgan fingerprint density at radius 3 is 2.10 bits per heavy atom. The molecule has 0 saturated heterocycles. The third-order valence-corrected chi connectivity index (χ3v) is 4.59. The molecular formula is C16H27Cl2NO. The third-order valence-electron chi connectivity index (χ3n) is 3.98. The molecular weight excluding hydrogens is 293 g/mol. The number of hydrogen-bond acceptors (Lipinski definition) is 2. The Kier molecular flexibility index (Phi) is 7.98. The van der Waals surface area contributed by atoms with Crippen LogP contribution in [0.2, 0.25) is 10.4 Å². The molecule has 0 aliphatic rings. The van der Waals surface area contributed by atoms with Crippen molar-refractivity contribution in [3.05, 3.63) is 16.3 Å². The van der Waals surface area contributed by atoms with Crippen LogP contribution in [0.5, 0.6) is 0 Å². The smallest absolute Gasteiger partial charge is 0.233 e. The maximum Gasteiger partial charge on any atom is 0.233 e. The van der Waals surface area contributed by atoms with Gasteiger partial charge in [0.1, 0.15) is 0 Å². The Balaban J connectivity index is 2.65. The Labute approximate surface area is 133 Å². The Bertz CT molecular complexity index is 372. The molecule has 0 aliphatic heterocycles. The van der Waals surface area contributed by atoms with Crippen LogP contribution < -0.4 is 0 Å². The Hall–Kier alpha value is -0.210. The summed E-state index contributed by atoms with van der Waals surface area (Å²) in [6.07, 6.45) is 10.9. The summed E-state index contributed by atoms with van der Waals surface area (Å²) in [7, 11) is 0. The normalized spacial score (nSPS) is 14.4. The number of hydrogen-bond donors (Lipinski definition) is 0. The van der Waals surface area contributed by atoms with Crippen molar-refractivity contribution >= 4 is 23.2 Å². The van der Waals surface area contributed by atoms with E-state index in [9.17, 15) is 0 Å². The summed E-state index contributed by atoms with van der Waals surface area (Å²) in [4.78, 5) is 4.32. The van der Waals surface area contributed by atoms with E-state index in [4.69, 9.17) is 27.6 Å². The molecule has 0 bridgehead atoms. The molecule has 0 saturated carbocycles. The van der Waals surface area contributed by atoms with E-state index in [1.165, 1.54) is 44.9 Å². The first-order chi connectivity index (χ1) is 9.53. The predicted octanol–water partition coefficient (Wildman–Crippen LogP) is 6.79. The minimum absolute atomic E-state index is 0.0427. The van der Waals surface area contributed by atoms with Crippen molar-refractivity contribution in [3.8, 4) is 0 Å². The second kappa shape index (κ2) is 8.94. The van der Waals surface area contributed by atoms with Crippen molar-refractivity contribution in [2.24, 2.45) is 0 Å². The van der Waals surface area contributed by atoms with Crippen molar-refractivity contribution in [1.82, 2.24) is 4.98 Å². The van der Waals surface area contributed by atoms with Gasteiger partial charge in [0.2, 0.25) is 11.1 Å². The molecule has 2 nitrogen and oxygen atoms in total. The molecule has 0 radical (unpaired) electrons. The highest BCUT2D eigenvalue weighted by Gasteiger charge is 2.32. The van der Waals surface area contributed by atoms with E-state index in [1.54, 1.807) is 0 Å². The van der Waals surface area contributed by atoms with Gasteiger partial charge in [-0.25, -0.2) is 0 Å². The zero-order valence-electron chi connectivity index (χ0n) is 13.0. The fourth-order valence-corrected chi connectivity index (χ4v) is 2.80. The topological polar surface area (TPSA) is 26.0 Å². The number of rotatable bonds is 10. The van der Waals surface area contributed by atoms with Crippen LogP contribution in [0.3, 0.4) is 0 Å². The lowest BCUT2D eigenvalue weighted by Gasteiger charge is -2.26. The highest BCUT2D eigenvalue weighted by molar-refractivity contribution is 6.40. The van der Waals surface area contributed by atoms with Crippen LogP contribution in [0.25, 0.3) is 0 Å². The monoisotopic (exact) mass is 319 g/mol. The number of oxazole rings is 1. The summed E-state index contributed by atoms with van der Waals surface area (Å²) in [5.41, 5.74) is -0.0427. The molecule has 0 aromatic carbocycles. The lowest BCUT2D eigenvalue weighted by molar-refractivity contribution is 0.289. The molecule has 116 valence electrons. The molecule has 1 aromatic heterocycles. The largest absolute Gasteiger partial charge is 0.427 e. The average Bonchev–Trinajstić information content (AvgIpc) is 2.77. The first-order valence-corrected chi connectivity index (χ1v) is 8.61. The molecule has 4 heteroatoms. The molecule has 0 spiro atoms. The van der Waals surface area contributed by atoms with E-state index in [2.05, 4.69) is 25.8 Å². The van der Waals surface area contributed by atoms with Gasteiger partial charge in [0, 0.05) is 5.41 Å². The standard InChI is InChI=1S/C16H27Cl2NO/c1-4-6-8-9-10-12-16(3,11-7-5-2)15-19-13(17)14(18)20-15/h4-12H2,1-3H3. The van der Waals surface area contributed by atoms with Gasteiger partial charge in [-0.2, -0.15) is 4.98 Å². The van der Waals surface area contributed by atoms with Crippen LogP contribution in [0.1, 0.15) is 84.4 Å². The van der Waals surface area contributed by atoms with Gasteiger partial charge in [-0.05, 0) is 24.4 Å². The van der Waals surface area contributed by atoms with Crippen LogP contribution in [-0.4, -0.2) is 4.98 Å². The Morgan fingerprint density at radius 1 is 0.950 bits per heavy atom. The molecule has 1 unspecified atom stereocenters. The average molecular weight is 320 g/mol. The molecule has 20 heavy (non-hydrogen) atoms. The highest BCUT2D eigenvalue weighted by Crippen LogP contribution is 2.37. The summed E-state index contributed by atoms with van der Waals surface area (Å²) in [6, 6.07) is 0. The van der Waals surface area contributed by atoms with Gasteiger partial charge in [0.15, 0.2) is 5.15 Å². The van der Waals surface area contributed by atoms with E-state index in [1.807, 2.05) is 0 Å². The highest BCUT2D eigenvalue weighted by atomic mass is 35.5. The lowest BCUT2D eigenvalue weighted by Crippen LogP contribution is -2.22. The second-order valence-electron chi connectivity index (χ2n) is 5.91. The minimum Gasteiger partial charge on any atom is -0.427 e. The first kappa shape index (κ1) is 17.8. The summed E-state index contributed by atoms with van der Waals surface area (Å²) in [5.74, 6) is 0.705. The van der Waals surface area contributed by atoms with Crippen LogP contribution in [-0.2, 0) is 5.41 Å². The molecule has 1 aromatic rings. The van der Waals surface area contributed by atoms with Gasteiger partial charge in [-0.3, -0.25) is 0 Å². The van der Waals surface area contributed by atoms with Gasteiger partial charge in [0.25, 0.3) is 0 Å². The van der Waals surface area contributed by atoms with Crippen molar-refractivity contribution < 1.29 is 4.42 Å². The van der Waals surface area contributed by atoms with Crippen LogP contribution in [0.15, 0.2) is 4.42 Å². The van der Waals surface area contributed by atoms with E-state index in [0.29, 0.717) is 5.89 Å². The second-order valence-corrected chi connectivity index (χ2v) is 6.61. The van der Waals surface area contributed by atoms with Gasteiger partial charge < -0.3 is 4.42 Å². The van der Waals surface area contributed by atoms with E-state index in [-0.39, 0.29) is 15.8 Å². The van der Waals surface area contributed by atoms with Gasteiger partial charge >= 0.3 is 0 Å². The van der Waals surface area contributed by atoms with Crippen molar-refractivity contribution in [2.45, 2.75) is 84.0 Å². The number of unbranched alkanes of at least 4 members (excludes halogenated alkanes) is 5. The van der Waals surface area contributed by atoms with Crippen molar-refractivity contribution in [3.63, 3.8) is 0 Å². The summed E-state index contributed by atoms with van der Waals surface area (Å²) < 4.78 is 5.58. The van der Waals surface area contributed by atoms with Gasteiger partial charge in [-0.1, -0.05) is 77.3 Å². The quantitative estimate of drug-likeness (QED) is 0.444. The summed E-state index contributed by atoms with van der Waals surface area (Å²) in [5, 5.41) is 0.505. The molecule has 0 N–H and O–H groups in total. The molecule has 0 amide bonds. The SMILES string of the molecule is CCCCCCCC(C)(CCCC)c1nc(Cl)c(Cl)o1. The summed E-state index contributed by atoms with van der Waals surface area (Å²) >= 11 is 11.8. The molecule has 0 aliphatic carbocycles. The maximum atomic E-state index is 5.94. The van der Waals surface area contributed by atoms with Crippen molar-refractivity contribution in [2.75, 3.05) is 0 Å². The molecule has 1 atom stereocenters. The van der Waals surface area contributed by atoms with Crippen LogP contribution in [0, 0.1) is 0 Å². The van der Waals surface area contributed by atoms with E-state index < -0.39 is 0 Å². The fourth-order valence-electron chi connectivity index (χ4n) is 2.57.